The van der Waals surface area contributed by atoms with Crippen molar-refractivity contribution < 1.29 is 9.90 Å². The summed E-state index contributed by atoms with van der Waals surface area (Å²) >= 11 is 12.4. The van der Waals surface area contributed by atoms with Crippen molar-refractivity contribution in [2.75, 3.05) is 11.1 Å². The van der Waals surface area contributed by atoms with Gasteiger partial charge in [0.2, 0.25) is 5.91 Å². The molecule has 1 aromatic carbocycles. The second kappa shape index (κ2) is 8.81. The van der Waals surface area contributed by atoms with Crippen molar-refractivity contribution in [2.45, 2.75) is 50.9 Å². The Kier molecular flexibility index (Phi) is 5.68. The highest BCUT2D eigenvalue weighted by Crippen LogP contribution is 2.49. The number of hydrogen-bond donors (Lipinski definition) is 3. The number of carbonyl (C=O) groups is 1. The number of aromatic nitrogens is 6. The van der Waals surface area contributed by atoms with Gasteiger partial charge in [0.05, 0.1) is 27.5 Å². The van der Waals surface area contributed by atoms with E-state index >= 15 is 0 Å². The fourth-order valence-corrected chi connectivity index (χ4v) is 6.07. The second-order valence-corrected chi connectivity index (χ2v) is 10.6. The maximum absolute atomic E-state index is 13.3. The zero-order valence-electron chi connectivity index (χ0n) is 20.0. The predicted molar refractivity (Wildman–Crippen MR) is 140 cm³/mol. The van der Waals surface area contributed by atoms with Crippen LogP contribution in [0.1, 0.15) is 55.8 Å². The van der Waals surface area contributed by atoms with Gasteiger partial charge in [-0.25, -0.2) is 24.5 Å². The van der Waals surface area contributed by atoms with E-state index in [4.69, 9.17) is 33.9 Å². The standard InChI is InChI=1S/C25H24Cl2N8O2/c1-25(13-7-8-14(26)19(36)18(13)27)17-20(28)32-21(33-22(17)34-24(25)37)16-10-35-23(29-11-30-35)15(31-16)9-12-5-3-2-4-6-12/h7-8,10-12,36H,2-6,9H2,1H3,(H3,28,32,33,34,37)/t25-/m0/s1. The fraction of sp³-hybridized carbons (Fsp3) is 0.360. The van der Waals surface area contributed by atoms with Gasteiger partial charge in [0.1, 0.15) is 29.1 Å². The van der Waals surface area contributed by atoms with Crippen LogP contribution >= 0.6 is 23.2 Å². The molecule has 4 N–H and O–H groups in total. The number of nitrogens with one attached hydrogen (secondary N) is 1. The second-order valence-electron chi connectivity index (χ2n) is 9.80. The van der Waals surface area contributed by atoms with Crippen molar-refractivity contribution in [3.05, 3.63) is 51.5 Å². The van der Waals surface area contributed by atoms with E-state index in [0.29, 0.717) is 28.4 Å². The SMILES string of the molecule is C[C@@]1(c2ccc(Cl)c(O)c2Cl)C(=O)Nc2nc(-c3cn4ncnc4c(CC4CCCCC4)n3)nc(N)c21. The first kappa shape index (κ1) is 23.9. The molecule has 4 heterocycles. The first-order chi connectivity index (χ1) is 17.8. The van der Waals surface area contributed by atoms with Crippen LogP contribution in [0.5, 0.6) is 5.75 Å². The van der Waals surface area contributed by atoms with Crippen LogP contribution in [0, 0.1) is 5.92 Å². The van der Waals surface area contributed by atoms with Crippen LogP contribution in [0.3, 0.4) is 0 Å². The highest BCUT2D eigenvalue weighted by Gasteiger charge is 2.49. The first-order valence-electron chi connectivity index (χ1n) is 12.1. The van der Waals surface area contributed by atoms with Gasteiger partial charge in [-0.15, -0.1) is 0 Å². The van der Waals surface area contributed by atoms with Crippen molar-refractivity contribution in [2.24, 2.45) is 5.92 Å². The Morgan fingerprint density at radius 1 is 1.19 bits per heavy atom. The van der Waals surface area contributed by atoms with Crippen LogP contribution in [0.4, 0.5) is 11.6 Å². The van der Waals surface area contributed by atoms with E-state index in [9.17, 15) is 9.90 Å². The van der Waals surface area contributed by atoms with E-state index in [2.05, 4.69) is 25.4 Å². The highest BCUT2D eigenvalue weighted by molar-refractivity contribution is 6.38. The molecular weight excluding hydrogens is 515 g/mol. The Hall–Kier alpha value is -3.50. The number of rotatable bonds is 4. The van der Waals surface area contributed by atoms with Gasteiger partial charge in [-0.3, -0.25) is 4.79 Å². The van der Waals surface area contributed by atoms with Crippen molar-refractivity contribution in [1.82, 2.24) is 29.5 Å². The Labute approximate surface area is 222 Å². The molecule has 1 amide bonds. The molecule has 190 valence electrons. The predicted octanol–water partition coefficient (Wildman–Crippen LogP) is 4.56. The summed E-state index contributed by atoms with van der Waals surface area (Å²) < 4.78 is 1.67. The minimum Gasteiger partial charge on any atom is -0.505 e. The number of amides is 1. The molecule has 0 spiro atoms. The third kappa shape index (κ3) is 3.77. The maximum Gasteiger partial charge on any atom is 0.240 e. The number of anilines is 2. The Morgan fingerprint density at radius 3 is 2.76 bits per heavy atom. The van der Waals surface area contributed by atoms with Crippen LogP contribution < -0.4 is 11.1 Å². The number of benzene rings is 1. The third-order valence-corrected chi connectivity index (χ3v) is 8.18. The number of phenols is 1. The Balaban J connectivity index is 1.45. The normalized spacial score (nSPS) is 19.8. The Morgan fingerprint density at radius 2 is 1.97 bits per heavy atom. The summed E-state index contributed by atoms with van der Waals surface area (Å²) in [6.07, 6.45) is 10.1. The summed E-state index contributed by atoms with van der Waals surface area (Å²) in [5.74, 6) is 0.449. The molecule has 1 fully saturated rings. The molecule has 0 saturated heterocycles. The molecule has 1 aliphatic heterocycles. The molecule has 1 saturated carbocycles. The molecule has 1 aliphatic carbocycles. The lowest BCUT2D eigenvalue weighted by Gasteiger charge is -2.25. The van der Waals surface area contributed by atoms with Crippen molar-refractivity contribution in [1.29, 1.82) is 0 Å². The van der Waals surface area contributed by atoms with Gasteiger partial charge in [-0.2, -0.15) is 5.10 Å². The topological polar surface area (TPSA) is 144 Å². The van der Waals surface area contributed by atoms with Crippen molar-refractivity contribution in [3.63, 3.8) is 0 Å². The molecule has 10 nitrogen and oxygen atoms in total. The summed E-state index contributed by atoms with van der Waals surface area (Å²) in [5.41, 5.74) is 7.83. The molecule has 0 bridgehead atoms. The van der Waals surface area contributed by atoms with Gasteiger partial charge in [0.25, 0.3) is 0 Å². The van der Waals surface area contributed by atoms with Gasteiger partial charge in [-0.05, 0) is 30.9 Å². The van der Waals surface area contributed by atoms with Crippen molar-refractivity contribution >= 4 is 46.4 Å². The summed E-state index contributed by atoms with van der Waals surface area (Å²) in [6, 6.07) is 3.06. The molecule has 6 rings (SSSR count). The number of nitrogens with zero attached hydrogens (tertiary/aromatic N) is 6. The highest BCUT2D eigenvalue weighted by atomic mass is 35.5. The third-order valence-electron chi connectivity index (χ3n) is 7.50. The molecule has 0 radical (unpaired) electrons. The van der Waals surface area contributed by atoms with Crippen LogP contribution in [0.2, 0.25) is 10.0 Å². The molecule has 37 heavy (non-hydrogen) atoms. The molecule has 4 aromatic rings. The lowest BCUT2D eigenvalue weighted by Crippen LogP contribution is -2.33. The van der Waals surface area contributed by atoms with Crippen LogP contribution in [0.15, 0.2) is 24.7 Å². The van der Waals surface area contributed by atoms with Gasteiger partial charge in [-0.1, -0.05) is 61.4 Å². The fourth-order valence-electron chi connectivity index (χ4n) is 5.51. The minimum atomic E-state index is -1.34. The van der Waals surface area contributed by atoms with E-state index in [1.54, 1.807) is 23.7 Å². The molecular formula is C25H24Cl2N8O2. The summed E-state index contributed by atoms with van der Waals surface area (Å²) in [6.45, 7) is 1.66. The quantitative estimate of drug-likeness (QED) is 0.343. The smallest absolute Gasteiger partial charge is 0.240 e. The molecule has 1 atom stereocenters. The monoisotopic (exact) mass is 538 g/mol. The number of halogens is 2. The first-order valence-corrected chi connectivity index (χ1v) is 12.9. The van der Waals surface area contributed by atoms with Crippen LogP contribution in [-0.4, -0.2) is 40.6 Å². The van der Waals surface area contributed by atoms with Gasteiger partial charge >= 0.3 is 0 Å². The summed E-state index contributed by atoms with van der Waals surface area (Å²) in [5, 5.41) is 17.5. The number of fused-ring (bicyclic) bond motifs is 2. The van der Waals surface area contributed by atoms with E-state index < -0.39 is 11.3 Å². The van der Waals surface area contributed by atoms with Gasteiger partial charge in [0.15, 0.2) is 17.2 Å². The lowest BCUT2D eigenvalue weighted by atomic mass is 9.77. The number of hydrogen-bond acceptors (Lipinski definition) is 8. The number of phenolic OH excluding ortho intramolecular Hbond substituents is 1. The van der Waals surface area contributed by atoms with E-state index in [-0.39, 0.29) is 33.3 Å². The maximum atomic E-state index is 13.3. The Bertz CT molecular complexity index is 1570. The molecule has 2 aliphatic rings. The number of carbonyl (C=O) groups excluding carboxylic acids is 1. The van der Waals surface area contributed by atoms with Crippen molar-refractivity contribution in [3.8, 4) is 17.3 Å². The number of nitrogens with two attached hydrogens (primary N) is 1. The molecule has 3 aromatic heterocycles. The van der Waals surface area contributed by atoms with Gasteiger partial charge < -0.3 is 16.2 Å². The van der Waals surface area contributed by atoms with Crippen LogP contribution in [-0.2, 0) is 16.6 Å². The number of aromatic hydroxyl groups is 1. The van der Waals surface area contributed by atoms with E-state index in [0.717, 1.165) is 12.1 Å². The molecule has 0 unspecified atom stereocenters. The van der Waals surface area contributed by atoms with Crippen LogP contribution in [0.25, 0.3) is 17.2 Å². The minimum absolute atomic E-state index is 0.0351. The number of nitrogen functional groups attached to an aromatic ring is 1. The molecule has 12 heteroatoms. The van der Waals surface area contributed by atoms with Gasteiger partial charge in [0, 0.05) is 0 Å². The zero-order chi connectivity index (χ0) is 25.9. The van der Waals surface area contributed by atoms with E-state index in [1.165, 1.54) is 44.5 Å². The summed E-state index contributed by atoms with van der Waals surface area (Å²) in [7, 11) is 0. The summed E-state index contributed by atoms with van der Waals surface area (Å²) in [4.78, 5) is 31.7. The average molecular weight is 539 g/mol. The lowest BCUT2D eigenvalue weighted by molar-refractivity contribution is -0.119. The average Bonchev–Trinajstić information content (AvgIpc) is 3.46. The zero-order valence-corrected chi connectivity index (χ0v) is 21.5. The largest absolute Gasteiger partial charge is 0.505 e. The van der Waals surface area contributed by atoms with E-state index in [1.807, 2.05) is 0 Å².